The summed E-state index contributed by atoms with van der Waals surface area (Å²) in [5, 5.41) is 0.0658. The Hall–Kier alpha value is -1.73. The third-order valence-corrected chi connectivity index (χ3v) is 3.10. The Morgan fingerprint density at radius 2 is 2.33 bits per heavy atom. The van der Waals surface area contributed by atoms with Crippen LogP contribution >= 0.6 is 11.6 Å². The number of carbonyl (C=O) groups excluding carboxylic acids is 1. The van der Waals surface area contributed by atoms with Gasteiger partial charge in [0.1, 0.15) is 0 Å². The number of nitrogens with zero attached hydrogens (tertiary/aromatic N) is 4. The highest BCUT2D eigenvalue weighted by Crippen LogP contribution is 2.30. The number of rotatable bonds is 4. The first-order chi connectivity index (χ1) is 8.69. The maximum absolute atomic E-state index is 11.8. The van der Waals surface area contributed by atoms with Gasteiger partial charge in [-0.2, -0.15) is 9.97 Å². The first-order valence-corrected chi connectivity index (χ1v) is 5.94. The number of nitrogens with one attached hydrogen (secondary N) is 1. The molecule has 0 radical (unpaired) electrons. The summed E-state index contributed by atoms with van der Waals surface area (Å²) >= 11 is 5.80. The van der Waals surface area contributed by atoms with Crippen LogP contribution in [0.25, 0.3) is 11.2 Å². The second-order valence-corrected chi connectivity index (χ2v) is 4.61. The molecule has 1 saturated carbocycles. The van der Waals surface area contributed by atoms with Gasteiger partial charge >= 0.3 is 0 Å². The van der Waals surface area contributed by atoms with Crippen molar-refractivity contribution in [1.82, 2.24) is 19.5 Å². The van der Waals surface area contributed by atoms with Crippen LogP contribution in [-0.4, -0.2) is 25.3 Å². The molecule has 18 heavy (non-hydrogen) atoms. The highest BCUT2D eigenvalue weighted by atomic mass is 35.5. The topological polar surface area (TPSA) is 98.7 Å². The van der Waals surface area contributed by atoms with Gasteiger partial charge in [-0.1, -0.05) is 0 Å². The van der Waals surface area contributed by atoms with Crippen LogP contribution in [0.1, 0.15) is 12.8 Å². The van der Waals surface area contributed by atoms with Crippen molar-refractivity contribution in [2.45, 2.75) is 19.4 Å². The fourth-order valence-corrected chi connectivity index (χ4v) is 2.00. The van der Waals surface area contributed by atoms with Gasteiger partial charge in [-0.15, -0.1) is 0 Å². The van der Waals surface area contributed by atoms with Gasteiger partial charge in [0, 0.05) is 5.92 Å². The summed E-state index contributed by atoms with van der Waals surface area (Å²) < 4.78 is 1.67. The van der Waals surface area contributed by atoms with Gasteiger partial charge in [0.15, 0.2) is 22.8 Å². The summed E-state index contributed by atoms with van der Waals surface area (Å²) in [6.45, 7) is 0.262. The molecule has 0 unspecified atom stereocenters. The van der Waals surface area contributed by atoms with Crippen LogP contribution in [0.3, 0.4) is 0 Å². The molecule has 94 valence electrons. The molecule has 0 bridgehead atoms. The van der Waals surface area contributed by atoms with Crippen LogP contribution in [-0.2, 0) is 11.3 Å². The van der Waals surface area contributed by atoms with Crippen LogP contribution in [0.4, 0.5) is 5.82 Å². The molecule has 0 amide bonds. The number of nitrogen functional groups attached to an aromatic ring is 1. The number of hydrogen-bond acceptors (Lipinski definition) is 6. The highest BCUT2D eigenvalue weighted by molar-refractivity contribution is 6.28. The average molecular weight is 267 g/mol. The average Bonchev–Trinajstić information content (AvgIpc) is 3.13. The second-order valence-electron chi connectivity index (χ2n) is 4.27. The molecular weight excluding hydrogens is 256 g/mol. The summed E-state index contributed by atoms with van der Waals surface area (Å²) in [7, 11) is 0. The largest absolute Gasteiger partial charge is 0.308 e. The lowest BCUT2D eigenvalue weighted by Crippen LogP contribution is -2.12. The fraction of sp³-hybridized carbons (Fsp3) is 0.400. The minimum atomic E-state index is 0.0658. The minimum absolute atomic E-state index is 0.0658. The third kappa shape index (κ3) is 1.91. The molecule has 3 N–H and O–H groups in total. The van der Waals surface area contributed by atoms with E-state index in [1.54, 1.807) is 10.9 Å². The first-order valence-electron chi connectivity index (χ1n) is 5.56. The molecule has 0 aromatic carbocycles. The molecule has 7 nitrogen and oxygen atoms in total. The zero-order valence-corrected chi connectivity index (χ0v) is 10.2. The zero-order chi connectivity index (χ0) is 12.7. The molecule has 2 aromatic rings. The van der Waals surface area contributed by atoms with E-state index < -0.39 is 0 Å². The van der Waals surface area contributed by atoms with E-state index in [4.69, 9.17) is 17.4 Å². The smallest absolute Gasteiger partial charge is 0.226 e. The summed E-state index contributed by atoms with van der Waals surface area (Å²) in [6, 6.07) is 0. The lowest BCUT2D eigenvalue weighted by atomic mass is 10.2. The number of halogens is 1. The number of anilines is 1. The van der Waals surface area contributed by atoms with Gasteiger partial charge in [0.25, 0.3) is 0 Å². The first kappa shape index (κ1) is 11.4. The maximum Gasteiger partial charge on any atom is 0.226 e. The zero-order valence-electron chi connectivity index (χ0n) is 9.43. The summed E-state index contributed by atoms with van der Waals surface area (Å²) in [6.07, 6.45) is 3.52. The number of nitrogens with two attached hydrogens (primary N) is 1. The lowest BCUT2D eigenvalue weighted by molar-refractivity contribution is -0.120. The number of carbonyl (C=O) groups is 1. The Morgan fingerprint density at radius 1 is 1.56 bits per heavy atom. The van der Waals surface area contributed by atoms with E-state index >= 15 is 0 Å². The van der Waals surface area contributed by atoms with Crippen molar-refractivity contribution in [2.24, 2.45) is 11.8 Å². The van der Waals surface area contributed by atoms with Crippen LogP contribution < -0.4 is 11.3 Å². The predicted octanol–water partition coefficient (Wildman–Crippen LogP) is 0.744. The molecule has 0 saturated heterocycles. The molecular formula is C10H11ClN6O. The van der Waals surface area contributed by atoms with Gasteiger partial charge in [-0.3, -0.25) is 4.79 Å². The number of aromatic nitrogens is 4. The molecule has 2 heterocycles. The Bertz CT molecular complexity index is 620. The molecule has 0 spiro atoms. The van der Waals surface area contributed by atoms with E-state index in [-0.39, 0.29) is 23.5 Å². The van der Waals surface area contributed by atoms with Crippen LogP contribution in [0.2, 0.25) is 5.28 Å². The molecule has 0 atom stereocenters. The number of fused-ring (bicyclic) bond motifs is 1. The molecule has 8 heteroatoms. The molecule has 1 aliphatic rings. The normalized spacial score (nSPS) is 15.0. The highest BCUT2D eigenvalue weighted by Gasteiger charge is 2.29. The summed E-state index contributed by atoms with van der Waals surface area (Å²) in [5.74, 6) is 6.09. The van der Waals surface area contributed by atoms with Crippen LogP contribution in [0.5, 0.6) is 0 Å². The Morgan fingerprint density at radius 3 is 3.00 bits per heavy atom. The van der Waals surface area contributed by atoms with Crippen molar-refractivity contribution >= 4 is 34.4 Å². The van der Waals surface area contributed by atoms with Gasteiger partial charge < -0.3 is 9.99 Å². The van der Waals surface area contributed by atoms with Crippen LogP contribution in [0.15, 0.2) is 6.33 Å². The lowest BCUT2D eigenvalue weighted by Gasteiger charge is -2.03. The van der Waals surface area contributed by atoms with E-state index in [2.05, 4.69) is 20.4 Å². The Balaban J connectivity index is 2.02. The monoisotopic (exact) mass is 266 g/mol. The number of hydrazine groups is 1. The summed E-state index contributed by atoms with van der Waals surface area (Å²) in [5.41, 5.74) is 3.43. The predicted molar refractivity (Wildman–Crippen MR) is 65.9 cm³/mol. The number of hydrogen-bond donors (Lipinski definition) is 2. The van der Waals surface area contributed by atoms with E-state index in [0.29, 0.717) is 17.0 Å². The molecule has 2 aromatic heterocycles. The fourth-order valence-electron chi connectivity index (χ4n) is 1.84. The van der Waals surface area contributed by atoms with Gasteiger partial charge in [-0.05, 0) is 24.4 Å². The number of ketones is 1. The van der Waals surface area contributed by atoms with Crippen molar-refractivity contribution in [2.75, 3.05) is 5.43 Å². The molecule has 1 fully saturated rings. The van der Waals surface area contributed by atoms with E-state index in [9.17, 15) is 4.79 Å². The van der Waals surface area contributed by atoms with Gasteiger partial charge in [0.2, 0.25) is 5.28 Å². The third-order valence-electron chi connectivity index (χ3n) is 2.93. The van der Waals surface area contributed by atoms with Gasteiger partial charge in [-0.25, -0.2) is 10.8 Å². The SMILES string of the molecule is NNc1nc(Cl)nc2c1ncn2CC(=O)C1CC1. The number of Topliss-reactive ketones (excluding diaryl/α,β-unsaturated/α-hetero) is 1. The quantitative estimate of drug-likeness (QED) is 0.481. The van der Waals surface area contributed by atoms with E-state index in [0.717, 1.165) is 12.8 Å². The summed E-state index contributed by atoms with van der Waals surface area (Å²) in [4.78, 5) is 23.9. The molecule has 3 rings (SSSR count). The van der Waals surface area contributed by atoms with Crippen molar-refractivity contribution < 1.29 is 4.79 Å². The van der Waals surface area contributed by atoms with Crippen molar-refractivity contribution in [3.63, 3.8) is 0 Å². The van der Waals surface area contributed by atoms with E-state index in [1.165, 1.54) is 0 Å². The number of imidazole rings is 1. The maximum atomic E-state index is 11.8. The second kappa shape index (κ2) is 4.18. The van der Waals surface area contributed by atoms with Crippen molar-refractivity contribution in [3.8, 4) is 0 Å². The van der Waals surface area contributed by atoms with Crippen LogP contribution in [0, 0.1) is 5.92 Å². The van der Waals surface area contributed by atoms with Gasteiger partial charge in [0.05, 0.1) is 12.9 Å². The molecule has 1 aliphatic carbocycles. The van der Waals surface area contributed by atoms with E-state index in [1.807, 2.05) is 0 Å². The minimum Gasteiger partial charge on any atom is -0.308 e. The Kier molecular flexibility index (Phi) is 2.64. The van der Waals surface area contributed by atoms with Crippen molar-refractivity contribution in [1.29, 1.82) is 0 Å². The molecule has 0 aliphatic heterocycles. The Labute approximate surface area is 107 Å². The van der Waals surface area contributed by atoms with Crippen molar-refractivity contribution in [3.05, 3.63) is 11.6 Å². The standard InChI is InChI=1S/C10H11ClN6O/c11-10-14-8(16-12)7-9(15-10)17(4-13-7)3-6(18)5-1-2-5/h4-5H,1-3,12H2,(H,14,15,16).